The van der Waals surface area contributed by atoms with Gasteiger partial charge in [0, 0.05) is 18.3 Å². The molecule has 27 heavy (non-hydrogen) atoms. The zero-order chi connectivity index (χ0) is 20.0. The Morgan fingerprint density at radius 3 is 2.63 bits per heavy atom. The van der Waals surface area contributed by atoms with E-state index in [0.717, 1.165) is 19.5 Å². The Balaban J connectivity index is 2.22. The van der Waals surface area contributed by atoms with Crippen LogP contribution in [0.4, 0.5) is 10.6 Å². The van der Waals surface area contributed by atoms with Crippen molar-refractivity contribution in [3.8, 4) is 0 Å². The molecule has 0 unspecified atom stereocenters. The molecule has 1 amide bonds. The van der Waals surface area contributed by atoms with E-state index in [1.165, 1.54) is 31.2 Å². The lowest BCUT2D eigenvalue weighted by Crippen LogP contribution is -2.42. The van der Waals surface area contributed by atoms with Crippen LogP contribution in [0, 0.1) is 0 Å². The molecule has 5 heteroatoms. The fraction of sp³-hybridized carbons (Fsp3) is 0.727. The molecule has 2 rings (SSSR count). The van der Waals surface area contributed by atoms with E-state index in [-0.39, 0.29) is 12.1 Å². The summed E-state index contributed by atoms with van der Waals surface area (Å²) >= 11 is 0. The van der Waals surface area contributed by atoms with Gasteiger partial charge in [-0.25, -0.2) is 9.78 Å². The maximum atomic E-state index is 12.7. The predicted molar refractivity (Wildman–Crippen MR) is 111 cm³/mol. The molecule has 0 saturated carbocycles. The van der Waals surface area contributed by atoms with E-state index in [1.807, 2.05) is 40.0 Å². The molecule has 0 radical (unpaired) electrons. The second-order valence-electron chi connectivity index (χ2n) is 8.60. The Bertz CT molecular complexity index is 593. The van der Waals surface area contributed by atoms with Crippen LogP contribution in [0.15, 0.2) is 18.3 Å². The minimum Gasteiger partial charge on any atom is -0.443 e. The van der Waals surface area contributed by atoms with Crippen LogP contribution in [0.3, 0.4) is 0 Å². The van der Waals surface area contributed by atoms with Gasteiger partial charge in [-0.2, -0.15) is 0 Å². The highest BCUT2D eigenvalue weighted by molar-refractivity contribution is 5.87. The van der Waals surface area contributed by atoms with Gasteiger partial charge in [0.25, 0.3) is 0 Å². The lowest BCUT2D eigenvalue weighted by atomic mass is 9.96. The predicted octanol–water partition coefficient (Wildman–Crippen LogP) is 5.56. The highest BCUT2D eigenvalue weighted by Gasteiger charge is 2.28. The van der Waals surface area contributed by atoms with Gasteiger partial charge in [0.2, 0.25) is 0 Å². The minimum absolute atomic E-state index is 0.0319. The average Bonchev–Trinajstić information content (AvgIpc) is 2.61. The number of likely N-dealkylation sites (tertiary alicyclic amines) is 1. The summed E-state index contributed by atoms with van der Waals surface area (Å²) in [6.07, 6.45) is 7.36. The minimum atomic E-state index is -0.522. The Hall–Kier alpha value is -1.62. The molecule has 2 heterocycles. The fourth-order valence-corrected chi connectivity index (χ4v) is 3.65. The summed E-state index contributed by atoms with van der Waals surface area (Å²) < 4.78 is 5.61. The number of hydrogen-bond acceptors (Lipinski definition) is 4. The van der Waals surface area contributed by atoms with Gasteiger partial charge in [-0.05, 0) is 78.1 Å². The van der Waals surface area contributed by atoms with Crippen LogP contribution in [0.5, 0.6) is 0 Å². The maximum absolute atomic E-state index is 12.7. The Morgan fingerprint density at radius 1 is 1.33 bits per heavy atom. The first kappa shape index (κ1) is 21.7. The van der Waals surface area contributed by atoms with Crippen molar-refractivity contribution in [1.82, 2.24) is 9.88 Å². The molecule has 1 aromatic heterocycles. The molecule has 0 aromatic carbocycles. The number of anilines is 1. The third-order valence-electron chi connectivity index (χ3n) is 5.15. The zero-order valence-corrected chi connectivity index (χ0v) is 18.0. The Labute approximate surface area is 165 Å². The fourth-order valence-electron chi connectivity index (χ4n) is 3.65. The summed E-state index contributed by atoms with van der Waals surface area (Å²) in [6, 6.07) is 4.59. The Kier molecular flexibility index (Phi) is 7.66. The standard InChI is InChI=1S/C22H37N3O2/c1-7-14-24-15-10-9-11-19(24)18-12-13-20(23-16-18)25(17(3)8-2)21(26)27-22(4,5)6/h12-13,16-17,19H,7-11,14-15H2,1-6H3/t17-,19+/m0/s1. The summed E-state index contributed by atoms with van der Waals surface area (Å²) in [5.41, 5.74) is 0.728. The van der Waals surface area contributed by atoms with Crippen LogP contribution in [0.1, 0.15) is 85.3 Å². The number of piperidine rings is 1. The van der Waals surface area contributed by atoms with E-state index in [4.69, 9.17) is 4.74 Å². The van der Waals surface area contributed by atoms with Gasteiger partial charge in [-0.3, -0.25) is 9.80 Å². The maximum Gasteiger partial charge on any atom is 0.416 e. The third-order valence-corrected chi connectivity index (χ3v) is 5.15. The van der Waals surface area contributed by atoms with E-state index in [9.17, 15) is 4.79 Å². The van der Waals surface area contributed by atoms with Crippen molar-refractivity contribution in [2.75, 3.05) is 18.0 Å². The quantitative estimate of drug-likeness (QED) is 0.653. The lowest BCUT2D eigenvalue weighted by Gasteiger charge is -2.36. The number of amides is 1. The molecule has 1 fully saturated rings. The largest absolute Gasteiger partial charge is 0.443 e. The molecule has 0 aliphatic carbocycles. The second-order valence-corrected chi connectivity index (χ2v) is 8.60. The molecule has 1 aromatic rings. The van der Waals surface area contributed by atoms with Gasteiger partial charge in [0.15, 0.2) is 0 Å². The highest BCUT2D eigenvalue weighted by atomic mass is 16.6. The van der Waals surface area contributed by atoms with Crippen LogP contribution in [-0.4, -0.2) is 40.7 Å². The van der Waals surface area contributed by atoms with Crippen LogP contribution in [0.2, 0.25) is 0 Å². The van der Waals surface area contributed by atoms with Crippen molar-refractivity contribution in [2.24, 2.45) is 0 Å². The van der Waals surface area contributed by atoms with Crippen molar-refractivity contribution < 1.29 is 9.53 Å². The summed E-state index contributed by atoms with van der Waals surface area (Å²) in [6.45, 7) is 14.3. The van der Waals surface area contributed by atoms with E-state index in [1.54, 1.807) is 4.90 Å². The SMILES string of the molecule is CCCN1CCCC[C@@H]1c1ccc(N(C(=O)OC(C)(C)C)[C@@H](C)CC)nc1. The number of nitrogens with zero attached hydrogens (tertiary/aromatic N) is 3. The molecule has 1 aliphatic rings. The van der Waals surface area contributed by atoms with E-state index in [2.05, 4.69) is 29.8 Å². The number of carbonyl (C=O) groups excluding carboxylic acids is 1. The van der Waals surface area contributed by atoms with Crippen LogP contribution >= 0.6 is 0 Å². The van der Waals surface area contributed by atoms with Crippen LogP contribution in [0.25, 0.3) is 0 Å². The molecule has 5 nitrogen and oxygen atoms in total. The van der Waals surface area contributed by atoms with Gasteiger partial charge in [-0.15, -0.1) is 0 Å². The first-order valence-corrected chi connectivity index (χ1v) is 10.5. The number of aromatic nitrogens is 1. The molecule has 0 N–H and O–H groups in total. The van der Waals surface area contributed by atoms with E-state index < -0.39 is 5.60 Å². The highest BCUT2D eigenvalue weighted by Crippen LogP contribution is 2.31. The van der Waals surface area contributed by atoms with Gasteiger partial charge in [0.05, 0.1) is 0 Å². The molecule has 1 aliphatic heterocycles. The molecular formula is C22H37N3O2. The lowest BCUT2D eigenvalue weighted by molar-refractivity contribution is 0.0566. The Morgan fingerprint density at radius 2 is 2.07 bits per heavy atom. The smallest absolute Gasteiger partial charge is 0.416 e. The van der Waals surface area contributed by atoms with Gasteiger partial charge < -0.3 is 4.74 Å². The van der Waals surface area contributed by atoms with E-state index in [0.29, 0.717) is 11.9 Å². The monoisotopic (exact) mass is 375 g/mol. The number of rotatable bonds is 6. The molecule has 0 bridgehead atoms. The third kappa shape index (κ3) is 5.93. The average molecular weight is 376 g/mol. The summed E-state index contributed by atoms with van der Waals surface area (Å²) in [4.78, 5) is 21.7. The normalized spacial score (nSPS) is 19.6. The van der Waals surface area contributed by atoms with Crippen LogP contribution in [-0.2, 0) is 4.74 Å². The number of pyridine rings is 1. The summed E-state index contributed by atoms with van der Waals surface area (Å²) in [7, 11) is 0. The first-order valence-electron chi connectivity index (χ1n) is 10.5. The molecule has 152 valence electrons. The summed E-state index contributed by atoms with van der Waals surface area (Å²) in [5, 5.41) is 0. The summed E-state index contributed by atoms with van der Waals surface area (Å²) in [5.74, 6) is 0.667. The first-order chi connectivity index (χ1) is 12.8. The zero-order valence-electron chi connectivity index (χ0n) is 18.0. The van der Waals surface area contributed by atoms with Crippen molar-refractivity contribution in [3.05, 3.63) is 23.9 Å². The van der Waals surface area contributed by atoms with Crippen molar-refractivity contribution in [1.29, 1.82) is 0 Å². The molecular weight excluding hydrogens is 338 g/mol. The van der Waals surface area contributed by atoms with Gasteiger partial charge in [-0.1, -0.05) is 26.3 Å². The number of ether oxygens (including phenoxy) is 1. The van der Waals surface area contributed by atoms with Crippen LogP contribution < -0.4 is 4.90 Å². The van der Waals surface area contributed by atoms with Crippen molar-refractivity contribution >= 4 is 11.9 Å². The molecule has 0 spiro atoms. The second kappa shape index (κ2) is 9.54. The van der Waals surface area contributed by atoms with E-state index >= 15 is 0 Å². The van der Waals surface area contributed by atoms with Gasteiger partial charge >= 0.3 is 6.09 Å². The number of carbonyl (C=O) groups is 1. The topological polar surface area (TPSA) is 45.7 Å². The molecule has 1 saturated heterocycles. The van der Waals surface area contributed by atoms with Gasteiger partial charge in [0.1, 0.15) is 11.4 Å². The number of hydrogen-bond donors (Lipinski definition) is 0. The van der Waals surface area contributed by atoms with Crippen molar-refractivity contribution in [3.63, 3.8) is 0 Å². The molecule has 2 atom stereocenters. The van der Waals surface area contributed by atoms with Crippen molar-refractivity contribution in [2.45, 2.75) is 91.3 Å².